The maximum Gasteiger partial charge on any atom is 0.341 e. The molecule has 0 bridgehead atoms. The van der Waals surface area contributed by atoms with Crippen molar-refractivity contribution in [2.75, 3.05) is 11.9 Å². The average Bonchev–Trinajstić information content (AvgIpc) is 2.99. The first-order chi connectivity index (χ1) is 11.7. The first-order valence-corrected chi connectivity index (χ1v) is 9.19. The van der Waals surface area contributed by atoms with E-state index in [1.807, 2.05) is 35.7 Å². The number of hydrogen-bond donors (Lipinski definition) is 1. The third-order valence-electron chi connectivity index (χ3n) is 3.62. The Morgan fingerprint density at radius 3 is 2.54 bits per heavy atom. The molecule has 0 aliphatic heterocycles. The molecule has 1 amide bonds. The van der Waals surface area contributed by atoms with E-state index in [0.29, 0.717) is 23.6 Å². The Labute approximate surface area is 146 Å². The Balaban J connectivity index is 2.26. The fourth-order valence-electron chi connectivity index (χ4n) is 2.41. The number of unbranched alkanes of at least 4 members (excludes halogenated alkanes) is 2. The van der Waals surface area contributed by atoms with Gasteiger partial charge in [0, 0.05) is 17.4 Å². The summed E-state index contributed by atoms with van der Waals surface area (Å²) in [5.74, 6) is -0.461. The van der Waals surface area contributed by atoms with Crippen LogP contribution >= 0.6 is 11.3 Å². The van der Waals surface area contributed by atoms with Crippen molar-refractivity contribution in [2.45, 2.75) is 39.5 Å². The van der Waals surface area contributed by atoms with E-state index in [1.165, 1.54) is 11.3 Å². The summed E-state index contributed by atoms with van der Waals surface area (Å²) in [6.07, 6.45) is 3.42. The summed E-state index contributed by atoms with van der Waals surface area (Å²) in [5, 5.41) is 5.33. The molecule has 24 heavy (non-hydrogen) atoms. The third-order valence-corrected chi connectivity index (χ3v) is 4.51. The van der Waals surface area contributed by atoms with Gasteiger partial charge in [-0.2, -0.15) is 0 Å². The number of nitrogens with one attached hydrogen (secondary N) is 1. The van der Waals surface area contributed by atoms with E-state index in [1.54, 1.807) is 6.92 Å². The predicted molar refractivity (Wildman–Crippen MR) is 98.5 cm³/mol. The second-order valence-electron chi connectivity index (χ2n) is 5.45. The van der Waals surface area contributed by atoms with E-state index >= 15 is 0 Å². The van der Waals surface area contributed by atoms with Crippen LogP contribution in [0, 0.1) is 0 Å². The molecule has 0 spiro atoms. The molecule has 0 aliphatic rings. The smallest absolute Gasteiger partial charge is 0.341 e. The standard InChI is InChI=1S/C19H23NO3S/c1-3-5-7-12-16(21)20-18-17(19(22)23-4-2)15(13-24-18)14-10-8-6-9-11-14/h6,8-11,13H,3-5,7,12H2,1-2H3,(H,20,21). The van der Waals surface area contributed by atoms with Crippen molar-refractivity contribution in [3.8, 4) is 11.1 Å². The maximum absolute atomic E-state index is 12.4. The van der Waals surface area contributed by atoms with Gasteiger partial charge in [0.2, 0.25) is 5.91 Å². The Kier molecular flexibility index (Phi) is 7.00. The quantitative estimate of drug-likeness (QED) is 0.534. The SMILES string of the molecule is CCCCCC(=O)Nc1scc(-c2ccccc2)c1C(=O)OCC. The molecule has 128 valence electrons. The van der Waals surface area contributed by atoms with Crippen LogP contribution in [-0.4, -0.2) is 18.5 Å². The Bertz CT molecular complexity index is 679. The van der Waals surface area contributed by atoms with Gasteiger partial charge in [-0.25, -0.2) is 4.79 Å². The zero-order valence-corrected chi connectivity index (χ0v) is 14.9. The van der Waals surface area contributed by atoms with Gasteiger partial charge in [0.25, 0.3) is 0 Å². The highest BCUT2D eigenvalue weighted by molar-refractivity contribution is 7.15. The zero-order chi connectivity index (χ0) is 17.4. The van der Waals surface area contributed by atoms with Gasteiger partial charge in [0.1, 0.15) is 10.6 Å². The lowest BCUT2D eigenvalue weighted by Crippen LogP contribution is -2.14. The second-order valence-corrected chi connectivity index (χ2v) is 6.32. The van der Waals surface area contributed by atoms with E-state index in [0.717, 1.165) is 30.4 Å². The van der Waals surface area contributed by atoms with Crippen molar-refractivity contribution < 1.29 is 14.3 Å². The van der Waals surface area contributed by atoms with Crippen molar-refractivity contribution in [1.29, 1.82) is 0 Å². The molecule has 0 saturated carbocycles. The highest BCUT2D eigenvalue weighted by atomic mass is 32.1. The van der Waals surface area contributed by atoms with Gasteiger partial charge in [0.15, 0.2) is 0 Å². The van der Waals surface area contributed by atoms with Crippen LogP contribution in [0.2, 0.25) is 0 Å². The van der Waals surface area contributed by atoms with Crippen molar-refractivity contribution in [3.05, 3.63) is 41.3 Å². The molecule has 1 aromatic carbocycles. The Morgan fingerprint density at radius 1 is 1.12 bits per heavy atom. The van der Waals surface area contributed by atoms with Gasteiger partial charge in [-0.3, -0.25) is 4.79 Å². The molecule has 0 radical (unpaired) electrons. The molecule has 1 heterocycles. The van der Waals surface area contributed by atoms with Crippen LogP contribution in [0.25, 0.3) is 11.1 Å². The van der Waals surface area contributed by atoms with E-state index < -0.39 is 5.97 Å². The number of benzene rings is 1. The fourth-order valence-corrected chi connectivity index (χ4v) is 3.38. The first kappa shape index (κ1) is 18.2. The average molecular weight is 345 g/mol. The molecular weight excluding hydrogens is 322 g/mol. The molecule has 0 saturated heterocycles. The van der Waals surface area contributed by atoms with Gasteiger partial charge in [-0.15, -0.1) is 11.3 Å². The normalized spacial score (nSPS) is 10.4. The summed E-state index contributed by atoms with van der Waals surface area (Å²) in [6.45, 7) is 4.17. The summed E-state index contributed by atoms with van der Waals surface area (Å²) >= 11 is 1.36. The largest absolute Gasteiger partial charge is 0.462 e. The lowest BCUT2D eigenvalue weighted by molar-refractivity contribution is -0.116. The topological polar surface area (TPSA) is 55.4 Å². The van der Waals surface area contributed by atoms with Crippen LogP contribution in [0.5, 0.6) is 0 Å². The number of rotatable bonds is 8. The molecule has 0 fully saturated rings. The monoisotopic (exact) mass is 345 g/mol. The van der Waals surface area contributed by atoms with Gasteiger partial charge in [-0.05, 0) is 18.9 Å². The van der Waals surface area contributed by atoms with Crippen LogP contribution in [0.3, 0.4) is 0 Å². The van der Waals surface area contributed by atoms with Crippen molar-refractivity contribution in [1.82, 2.24) is 0 Å². The number of anilines is 1. The van der Waals surface area contributed by atoms with Crippen LogP contribution in [-0.2, 0) is 9.53 Å². The van der Waals surface area contributed by atoms with Gasteiger partial charge < -0.3 is 10.1 Å². The highest BCUT2D eigenvalue weighted by Crippen LogP contribution is 2.36. The summed E-state index contributed by atoms with van der Waals surface area (Å²) in [5.41, 5.74) is 2.17. The van der Waals surface area contributed by atoms with E-state index in [2.05, 4.69) is 12.2 Å². The predicted octanol–water partition coefficient (Wildman–Crippen LogP) is 5.11. The second kappa shape index (κ2) is 9.23. The molecule has 0 unspecified atom stereocenters. The first-order valence-electron chi connectivity index (χ1n) is 8.31. The van der Waals surface area contributed by atoms with Gasteiger partial charge in [-0.1, -0.05) is 50.1 Å². The Hall–Kier alpha value is -2.14. The number of carbonyl (C=O) groups excluding carboxylic acids is 2. The maximum atomic E-state index is 12.4. The Morgan fingerprint density at radius 2 is 1.88 bits per heavy atom. The van der Waals surface area contributed by atoms with E-state index in [9.17, 15) is 9.59 Å². The molecule has 0 aliphatic carbocycles. The molecule has 2 aromatic rings. The van der Waals surface area contributed by atoms with Crippen LogP contribution in [0.1, 0.15) is 49.9 Å². The summed E-state index contributed by atoms with van der Waals surface area (Å²) < 4.78 is 5.19. The van der Waals surface area contributed by atoms with Crippen molar-refractivity contribution in [3.63, 3.8) is 0 Å². The molecule has 0 atom stereocenters. The van der Waals surface area contributed by atoms with Crippen LogP contribution in [0.4, 0.5) is 5.00 Å². The van der Waals surface area contributed by atoms with Crippen LogP contribution < -0.4 is 5.32 Å². The van der Waals surface area contributed by atoms with Crippen LogP contribution in [0.15, 0.2) is 35.7 Å². The van der Waals surface area contributed by atoms with E-state index in [4.69, 9.17) is 4.74 Å². The number of thiophene rings is 1. The molecule has 4 nitrogen and oxygen atoms in total. The third kappa shape index (κ3) is 4.68. The molecule has 2 rings (SSSR count). The minimum atomic E-state index is -0.401. The van der Waals surface area contributed by atoms with Gasteiger partial charge >= 0.3 is 5.97 Å². The van der Waals surface area contributed by atoms with Gasteiger partial charge in [0.05, 0.1) is 6.61 Å². The number of amides is 1. The molecular formula is C19H23NO3S. The summed E-state index contributed by atoms with van der Waals surface area (Å²) in [6, 6.07) is 9.65. The molecule has 1 aromatic heterocycles. The summed E-state index contributed by atoms with van der Waals surface area (Å²) in [7, 11) is 0. The highest BCUT2D eigenvalue weighted by Gasteiger charge is 2.22. The number of hydrogen-bond acceptors (Lipinski definition) is 4. The lowest BCUT2D eigenvalue weighted by Gasteiger charge is -2.08. The molecule has 1 N–H and O–H groups in total. The van der Waals surface area contributed by atoms with E-state index in [-0.39, 0.29) is 5.91 Å². The minimum absolute atomic E-state index is 0.0598. The molecule has 5 heteroatoms. The minimum Gasteiger partial charge on any atom is -0.462 e. The fraction of sp³-hybridized carbons (Fsp3) is 0.368. The summed E-state index contributed by atoms with van der Waals surface area (Å²) in [4.78, 5) is 24.5. The number of carbonyl (C=O) groups is 2. The zero-order valence-electron chi connectivity index (χ0n) is 14.1. The number of ether oxygens (including phenoxy) is 1. The number of esters is 1. The van der Waals surface area contributed by atoms with Crippen molar-refractivity contribution in [2.24, 2.45) is 0 Å². The van der Waals surface area contributed by atoms with Crippen molar-refractivity contribution >= 4 is 28.2 Å². The lowest BCUT2D eigenvalue weighted by atomic mass is 10.0.